The van der Waals surface area contributed by atoms with Crippen LogP contribution in [0.4, 0.5) is 0 Å². The van der Waals surface area contributed by atoms with Gasteiger partial charge in [-0.05, 0) is 6.92 Å². The zero-order valence-corrected chi connectivity index (χ0v) is 7.73. The molecule has 0 aromatic rings. The molecule has 4 heteroatoms. The first-order chi connectivity index (χ1) is 4.73. The second-order valence-corrected chi connectivity index (χ2v) is 3.26. The number of hydrogen-bond acceptors (Lipinski definition) is 3. The third kappa shape index (κ3) is 11.2. The highest BCUT2D eigenvalue weighted by molar-refractivity contribution is 9.09. The molecule has 0 spiro atoms. The highest BCUT2D eigenvalue weighted by Crippen LogP contribution is 1.85. The molecule has 0 radical (unpaired) electrons. The van der Waals surface area contributed by atoms with Crippen LogP contribution < -0.4 is 5.32 Å². The van der Waals surface area contributed by atoms with Gasteiger partial charge in [0.15, 0.2) is 0 Å². The van der Waals surface area contributed by atoms with Crippen molar-refractivity contribution in [2.45, 2.75) is 11.9 Å². The summed E-state index contributed by atoms with van der Waals surface area (Å²) < 4.78 is 5.01. The number of alkyl halides is 1. The van der Waals surface area contributed by atoms with Gasteiger partial charge in [0.2, 0.25) is 0 Å². The molecule has 0 aromatic heterocycles. The molecule has 1 aliphatic heterocycles. The van der Waals surface area contributed by atoms with Crippen molar-refractivity contribution in [1.29, 1.82) is 0 Å². The fourth-order valence-electron chi connectivity index (χ4n) is 0.516. The average molecular weight is 212 g/mol. The van der Waals surface area contributed by atoms with E-state index in [4.69, 9.17) is 9.84 Å². The SMILES string of the molecule is C1COCCN1.CC(O)Br. The Labute approximate surface area is 69.9 Å². The molecule has 0 aliphatic carbocycles. The Balaban J connectivity index is 0.000000180. The van der Waals surface area contributed by atoms with Gasteiger partial charge in [0, 0.05) is 13.1 Å². The van der Waals surface area contributed by atoms with Crippen molar-refractivity contribution in [3.05, 3.63) is 0 Å². The molecule has 1 heterocycles. The Morgan fingerprint density at radius 2 is 1.90 bits per heavy atom. The zero-order valence-electron chi connectivity index (χ0n) is 6.14. The fraction of sp³-hybridized carbons (Fsp3) is 1.00. The van der Waals surface area contributed by atoms with Crippen LogP contribution in [0.5, 0.6) is 0 Å². The van der Waals surface area contributed by atoms with Crippen molar-refractivity contribution >= 4 is 15.9 Å². The number of aliphatic hydroxyl groups is 1. The summed E-state index contributed by atoms with van der Waals surface area (Å²) in [5.41, 5.74) is 0. The summed E-state index contributed by atoms with van der Waals surface area (Å²) in [7, 11) is 0. The quantitative estimate of drug-likeness (QED) is 0.568. The van der Waals surface area contributed by atoms with Crippen LogP contribution in [0.15, 0.2) is 0 Å². The molecule has 0 saturated carbocycles. The van der Waals surface area contributed by atoms with Crippen molar-refractivity contribution in [1.82, 2.24) is 5.32 Å². The van der Waals surface area contributed by atoms with Crippen LogP contribution in [-0.4, -0.2) is 36.4 Å². The second kappa shape index (κ2) is 7.47. The van der Waals surface area contributed by atoms with Gasteiger partial charge in [-0.1, -0.05) is 15.9 Å². The molecule has 10 heavy (non-hydrogen) atoms. The largest absolute Gasteiger partial charge is 0.382 e. The second-order valence-electron chi connectivity index (χ2n) is 1.94. The number of nitrogens with one attached hydrogen (secondary N) is 1. The predicted molar refractivity (Wildman–Crippen MR) is 44.3 cm³/mol. The first kappa shape index (κ1) is 10.4. The molecular formula is C6H14BrNO2. The third-order valence-corrected chi connectivity index (χ3v) is 0.846. The molecule has 1 fully saturated rings. The smallest absolute Gasteiger partial charge is 0.106 e. The highest BCUT2D eigenvalue weighted by atomic mass is 79.9. The van der Waals surface area contributed by atoms with E-state index < -0.39 is 0 Å². The maximum atomic E-state index is 7.97. The van der Waals surface area contributed by atoms with Gasteiger partial charge in [0.1, 0.15) is 5.01 Å². The average Bonchev–Trinajstić information content (AvgIpc) is 1.90. The van der Waals surface area contributed by atoms with Crippen molar-refractivity contribution in [2.24, 2.45) is 0 Å². The normalized spacial score (nSPS) is 20.7. The lowest BCUT2D eigenvalue weighted by atomic mass is 10.5. The van der Waals surface area contributed by atoms with Gasteiger partial charge in [-0.3, -0.25) is 0 Å². The highest BCUT2D eigenvalue weighted by Gasteiger charge is 1.92. The molecule has 2 N–H and O–H groups in total. The number of rotatable bonds is 0. The molecule has 0 amide bonds. The molecule has 0 bridgehead atoms. The van der Waals surface area contributed by atoms with Gasteiger partial charge in [-0.2, -0.15) is 0 Å². The Morgan fingerprint density at radius 3 is 2.00 bits per heavy atom. The molecule has 1 aliphatic rings. The third-order valence-electron chi connectivity index (χ3n) is 0.846. The van der Waals surface area contributed by atoms with Crippen LogP contribution in [0, 0.1) is 0 Å². The lowest BCUT2D eigenvalue weighted by Crippen LogP contribution is -2.30. The molecule has 62 valence electrons. The summed E-state index contributed by atoms with van der Waals surface area (Å²) in [5.74, 6) is 0. The van der Waals surface area contributed by atoms with Crippen LogP contribution in [0.1, 0.15) is 6.92 Å². The van der Waals surface area contributed by atoms with Crippen molar-refractivity contribution in [3.8, 4) is 0 Å². The van der Waals surface area contributed by atoms with Crippen LogP contribution >= 0.6 is 15.9 Å². The van der Waals surface area contributed by atoms with E-state index in [1.165, 1.54) is 0 Å². The van der Waals surface area contributed by atoms with Gasteiger partial charge in [0.05, 0.1) is 13.2 Å². The monoisotopic (exact) mass is 211 g/mol. The van der Waals surface area contributed by atoms with Gasteiger partial charge in [-0.25, -0.2) is 0 Å². The van der Waals surface area contributed by atoms with Gasteiger partial charge in [0.25, 0.3) is 0 Å². The molecule has 1 atom stereocenters. The van der Waals surface area contributed by atoms with Crippen molar-refractivity contribution in [3.63, 3.8) is 0 Å². The molecule has 1 rings (SSSR count). The van der Waals surface area contributed by atoms with Gasteiger partial charge < -0.3 is 15.2 Å². The van der Waals surface area contributed by atoms with E-state index in [1.54, 1.807) is 6.92 Å². The van der Waals surface area contributed by atoms with Crippen molar-refractivity contribution in [2.75, 3.05) is 26.3 Å². The minimum absolute atomic E-state index is 0.354. The number of morpholine rings is 1. The zero-order chi connectivity index (χ0) is 7.82. The number of hydrogen-bond donors (Lipinski definition) is 2. The van der Waals surface area contributed by atoms with Crippen LogP contribution in [0.2, 0.25) is 0 Å². The van der Waals surface area contributed by atoms with E-state index in [9.17, 15) is 0 Å². The Kier molecular flexibility index (Phi) is 7.74. The maximum Gasteiger partial charge on any atom is 0.106 e. The lowest BCUT2D eigenvalue weighted by Gasteiger charge is -2.10. The summed E-state index contributed by atoms with van der Waals surface area (Å²) in [6.07, 6.45) is 0. The minimum Gasteiger partial charge on any atom is -0.382 e. The maximum absolute atomic E-state index is 7.97. The van der Waals surface area contributed by atoms with Crippen LogP contribution in [0.3, 0.4) is 0 Å². The number of aliphatic hydroxyl groups excluding tert-OH is 1. The van der Waals surface area contributed by atoms with E-state index in [0.717, 1.165) is 26.3 Å². The topological polar surface area (TPSA) is 41.5 Å². The van der Waals surface area contributed by atoms with Gasteiger partial charge >= 0.3 is 0 Å². The van der Waals surface area contributed by atoms with Crippen LogP contribution in [0.25, 0.3) is 0 Å². The Morgan fingerprint density at radius 1 is 1.50 bits per heavy atom. The van der Waals surface area contributed by atoms with Crippen LogP contribution in [-0.2, 0) is 4.74 Å². The first-order valence-corrected chi connectivity index (χ1v) is 4.25. The van der Waals surface area contributed by atoms with E-state index >= 15 is 0 Å². The Bertz CT molecular complexity index is 52.5. The van der Waals surface area contributed by atoms with E-state index in [1.807, 2.05) is 0 Å². The molecule has 1 saturated heterocycles. The summed E-state index contributed by atoms with van der Waals surface area (Å²) in [6, 6.07) is 0. The summed E-state index contributed by atoms with van der Waals surface area (Å²) in [6.45, 7) is 5.47. The molecule has 3 nitrogen and oxygen atoms in total. The van der Waals surface area contributed by atoms with E-state index in [-0.39, 0.29) is 5.01 Å². The summed E-state index contributed by atoms with van der Waals surface area (Å²) in [4.78, 5) is 0. The van der Waals surface area contributed by atoms with E-state index in [2.05, 4.69) is 21.2 Å². The van der Waals surface area contributed by atoms with Gasteiger partial charge in [-0.15, -0.1) is 0 Å². The molecule has 1 unspecified atom stereocenters. The number of ether oxygens (including phenoxy) is 1. The van der Waals surface area contributed by atoms with E-state index in [0.29, 0.717) is 0 Å². The Hall–Kier alpha value is 0.360. The standard InChI is InChI=1S/C4H9NO.C2H5BrO/c1-3-6-4-2-5-1;1-2(3)4/h5H,1-4H2;2,4H,1H3. The van der Waals surface area contributed by atoms with Crippen molar-refractivity contribution < 1.29 is 9.84 Å². The summed E-state index contributed by atoms with van der Waals surface area (Å²) in [5, 5.41) is 10.8. The summed E-state index contributed by atoms with van der Waals surface area (Å²) >= 11 is 2.83. The minimum atomic E-state index is -0.354. The first-order valence-electron chi connectivity index (χ1n) is 3.34. The lowest BCUT2D eigenvalue weighted by molar-refractivity contribution is 0.109. The number of halogens is 1. The predicted octanol–water partition coefficient (Wildman–Crippen LogP) is 0.326. The molecule has 0 aromatic carbocycles. The molecular weight excluding hydrogens is 198 g/mol. The fourth-order valence-corrected chi connectivity index (χ4v) is 0.516.